The Bertz CT molecular complexity index is 969. The van der Waals surface area contributed by atoms with Crippen molar-refractivity contribution in [2.24, 2.45) is 0 Å². The van der Waals surface area contributed by atoms with Gasteiger partial charge in [-0.15, -0.1) is 0 Å². The van der Waals surface area contributed by atoms with E-state index in [1.54, 1.807) is 35.2 Å². The van der Waals surface area contributed by atoms with Crippen LogP contribution in [0.25, 0.3) is 5.82 Å². The first-order valence-electron chi connectivity index (χ1n) is 6.99. The first kappa shape index (κ1) is 15.9. The molecule has 1 aromatic carbocycles. The van der Waals surface area contributed by atoms with Crippen LogP contribution in [-0.2, 0) is 10.0 Å². The monoisotopic (exact) mass is 345 g/mol. The molecule has 0 amide bonds. The number of para-hydroxylation sites is 1. The van der Waals surface area contributed by atoms with Crippen LogP contribution in [0.3, 0.4) is 0 Å². The van der Waals surface area contributed by atoms with Gasteiger partial charge in [0.2, 0.25) is 0 Å². The molecule has 2 aromatic heterocycles. The van der Waals surface area contributed by atoms with Crippen molar-refractivity contribution >= 4 is 15.8 Å². The third kappa shape index (κ3) is 3.06. The number of hydrogen-bond acceptors (Lipinski definition) is 6. The van der Waals surface area contributed by atoms with Crippen molar-refractivity contribution in [3.05, 3.63) is 54.9 Å². The quantitative estimate of drug-likeness (QED) is 0.757. The molecule has 0 fully saturated rings. The normalized spacial score (nSPS) is 11.2. The van der Waals surface area contributed by atoms with Crippen LogP contribution in [0, 0.1) is 6.92 Å². The van der Waals surface area contributed by atoms with Gasteiger partial charge in [-0.25, -0.2) is 23.4 Å². The highest BCUT2D eigenvalue weighted by Gasteiger charge is 2.20. The molecule has 24 heavy (non-hydrogen) atoms. The molecular weight excluding hydrogens is 330 g/mol. The predicted octanol–water partition coefficient (Wildman–Crippen LogP) is 1.78. The van der Waals surface area contributed by atoms with Gasteiger partial charge in [0.05, 0.1) is 7.11 Å². The minimum absolute atomic E-state index is 0.0338. The fourth-order valence-electron chi connectivity index (χ4n) is 2.19. The van der Waals surface area contributed by atoms with E-state index in [-0.39, 0.29) is 16.5 Å². The first-order valence-corrected chi connectivity index (χ1v) is 8.48. The molecule has 0 atom stereocenters. The third-order valence-corrected chi connectivity index (χ3v) is 4.72. The molecule has 0 spiro atoms. The maximum atomic E-state index is 12.6. The van der Waals surface area contributed by atoms with Crippen LogP contribution in [0.1, 0.15) is 5.82 Å². The van der Waals surface area contributed by atoms with Crippen molar-refractivity contribution in [1.82, 2.24) is 19.5 Å². The maximum Gasteiger partial charge on any atom is 0.266 e. The SMILES string of the molecule is COc1ccccc1S(=O)(=O)Nc1cc(-n2ccnc2C)ncn1. The Morgan fingerprint density at radius 3 is 2.67 bits per heavy atom. The number of nitrogens with one attached hydrogen (secondary N) is 1. The highest BCUT2D eigenvalue weighted by molar-refractivity contribution is 7.92. The molecule has 0 aliphatic carbocycles. The summed E-state index contributed by atoms with van der Waals surface area (Å²) in [4.78, 5) is 12.2. The van der Waals surface area contributed by atoms with Gasteiger partial charge in [0.15, 0.2) is 0 Å². The van der Waals surface area contributed by atoms with Crippen LogP contribution in [-0.4, -0.2) is 35.0 Å². The van der Waals surface area contributed by atoms with Crippen LogP contribution in [0.2, 0.25) is 0 Å². The van der Waals surface area contributed by atoms with E-state index in [1.165, 1.54) is 25.6 Å². The molecule has 8 nitrogen and oxygen atoms in total. The van der Waals surface area contributed by atoms with Gasteiger partial charge in [0, 0.05) is 18.5 Å². The maximum absolute atomic E-state index is 12.6. The standard InChI is InChI=1S/C15H15N5O3S/c1-11-16-7-8-20(11)15-9-14(17-10-18-15)19-24(21,22)13-6-4-3-5-12(13)23-2/h3-10H,1-2H3,(H,17,18,19). The van der Waals surface area contributed by atoms with Crippen LogP contribution in [0.5, 0.6) is 5.75 Å². The smallest absolute Gasteiger partial charge is 0.266 e. The highest BCUT2D eigenvalue weighted by atomic mass is 32.2. The van der Waals surface area contributed by atoms with Gasteiger partial charge < -0.3 is 4.74 Å². The molecule has 0 bridgehead atoms. The average molecular weight is 345 g/mol. The lowest BCUT2D eigenvalue weighted by atomic mass is 10.3. The zero-order valence-electron chi connectivity index (χ0n) is 13.0. The molecule has 124 valence electrons. The minimum Gasteiger partial charge on any atom is -0.495 e. The Balaban J connectivity index is 1.95. The summed E-state index contributed by atoms with van der Waals surface area (Å²) in [7, 11) is -2.43. The predicted molar refractivity (Wildman–Crippen MR) is 87.7 cm³/mol. The van der Waals surface area contributed by atoms with Crippen molar-refractivity contribution in [2.75, 3.05) is 11.8 Å². The number of imidazole rings is 1. The largest absolute Gasteiger partial charge is 0.495 e. The summed E-state index contributed by atoms with van der Waals surface area (Å²) in [5.74, 6) is 1.65. The second-order valence-electron chi connectivity index (χ2n) is 4.86. The summed E-state index contributed by atoms with van der Waals surface area (Å²) in [5, 5.41) is 0. The lowest BCUT2D eigenvalue weighted by Crippen LogP contribution is -2.15. The number of hydrogen-bond donors (Lipinski definition) is 1. The molecule has 9 heteroatoms. The van der Waals surface area contributed by atoms with Crippen molar-refractivity contribution in [3.8, 4) is 11.6 Å². The fourth-order valence-corrected chi connectivity index (χ4v) is 3.36. The first-order chi connectivity index (χ1) is 11.5. The molecule has 3 aromatic rings. The molecule has 2 heterocycles. The van der Waals surface area contributed by atoms with Crippen molar-refractivity contribution < 1.29 is 13.2 Å². The number of sulfonamides is 1. The van der Waals surface area contributed by atoms with Gasteiger partial charge in [-0.05, 0) is 19.1 Å². The molecule has 0 saturated heterocycles. The summed E-state index contributed by atoms with van der Waals surface area (Å²) >= 11 is 0. The molecule has 0 unspecified atom stereocenters. The second kappa shape index (κ2) is 6.28. The van der Waals surface area contributed by atoms with Crippen molar-refractivity contribution in [3.63, 3.8) is 0 Å². The molecule has 0 saturated carbocycles. The number of rotatable bonds is 5. The van der Waals surface area contributed by atoms with E-state index in [2.05, 4.69) is 19.7 Å². The zero-order valence-corrected chi connectivity index (χ0v) is 13.9. The molecule has 3 rings (SSSR count). The topological polar surface area (TPSA) is 99.0 Å². The highest BCUT2D eigenvalue weighted by Crippen LogP contribution is 2.25. The van der Waals surface area contributed by atoms with Crippen LogP contribution in [0.15, 0.2) is 53.9 Å². The average Bonchev–Trinajstić information content (AvgIpc) is 3.01. The molecule has 0 radical (unpaired) electrons. The van der Waals surface area contributed by atoms with Crippen LogP contribution < -0.4 is 9.46 Å². The summed E-state index contributed by atoms with van der Waals surface area (Å²) in [6, 6.07) is 7.89. The van der Waals surface area contributed by atoms with E-state index >= 15 is 0 Å². The zero-order chi connectivity index (χ0) is 17.2. The van der Waals surface area contributed by atoms with Crippen molar-refractivity contribution in [2.45, 2.75) is 11.8 Å². The number of aromatic nitrogens is 4. The Morgan fingerprint density at radius 1 is 1.17 bits per heavy atom. The Labute approximate surface area is 139 Å². The summed E-state index contributed by atoms with van der Waals surface area (Å²) in [6.07, 6.45) is 4.65. The van der Waals surface area contributed by atoms with E-state index < -0.39 is 10.0 Å². The van der Waals surface area contributed by atoms with Gasteiger partial charge in [-0.1, -0.05) is 12.1 Å². The van der Waals surface area contributed by atoms with Gasteiger partial charge in [0.25, 0.3) is 10.0 Å². The minimum atomic E-state index is -3.84. The number of aryl methyl sites for hydroxylation is 1. The molecular formula is C15H15N5O3S. The van der Waals surface area contributed by atoms with E-state index in [0.717, 1.165) is 5.82 Å². The summed E-state index contributed by atoms with van der Waals surface area (Å²) in [6.45, 7) is 1.82. The Kier molecular flexibility index (Phi) is 4.17. The van der Waals surface area contributed by atoms with Gasteiger partial charge in [-0.3, -0.25) is 9.29 Å². The number of methoxy groups -OCH3 is 1. The third-order valence-electron chi connectivity index (χ3n) is 3.32. The molecule has 1 N–H and O–H groups in total. The van der Waals surface area contributed by atoms with Crippen molar-refractivity contribution in [1.29, 1.82) is 0 Å². The van der Waals surface area contributed by atoms with Gasteiger partial charge >= 0.3 is 0 Å². The van der Waals surface area contributed by atoms with Crippen LogP contribution >= 0.6 is 0 Å². The fraction of sp³-hybridized carbons (Fsp3) is 0.133. The lowest BCUT2D eigenvalue weighted by Gasteiger charge is -2.11. The van der Waals surface area contributed by atoms with E-state index in [4.69, 9.17) is 4.74 Å². The Morgan fingerprint density at radius 2 is 1.96 bits per heavy atom. The van der Waals surface area contributed by atoms with Crippen LogP contribution in [0.4, 0.5) is 5.82 Å². The number of benzene rings is 1. The number of nitrogens with zero attached hydrogens (tertiary/aromatic N) is 4. The van der Waals surface area contributed by atoms with Gasteiger partial charge in [0.1, 0.15) is 34.4 Å². The number of anilines is 1. The van der Waals surface area contributed by atoms with E-state index in [9.17, 15) is 8.42 Å². The summed E-state index contributed by atoms with van der Waals surface area (Å²) in [5.41, 5.74) is 0. The van der Waals surface area contributed by atoms with E-state index in [0.29, 0.717) is 5.82 Å². The lowest BCUT2D eigenvalue weighted by molar-refractivity contribution is 0.403. The molecule has 0 aliphatic heterocycles. The van der Waals surface area contributed by atoms with E-state index in [1.807, 2.05) is 6.92 Å². The van der Waals surface area contributed by atoms with Gasteiger partial charge in [-0.2, -0.15) is 0 Å². The molecule has 0 aliphatic rings. The second-order valence-corrected chi connectivity index (χ2v) is 6.51. The summed E-state index contributed by atoms with van der Waals surface area (Å²) < 4.78 is 34.4. The number of ether oxygens (including phenoxy) is 1. The Hall–Kier alpha value is -2.94.